The van der Waals surface area contributed by atoms with Crippen molar-refractivity contribution in [2.24, 2.45) is 5.73 Å². The molecule has 0 aliphatic heterocycles. The van der Waals surface area contributed by atoms with Gasteiger partial charge in [0, 0.05) is 25.9 Å². The van der Waals surface area contributed by atoms with Crippen LogP contribution in [0.4, 0.5) is 4.39 Å². The van der Waals surface area contributed by atoms with Gasteiger partial charge in [0.25, 0.3) is 0 Å². The lowest BCUT2D eigenvalue weighted by Crippen LogP contribution is -2.12. The normalized spacial score (nSPS) is 10.4. The third-order valence-electron chi connectivity index (χ3n) is 2.37. The van der Waals surface area contributed by atoms with Crippen molar-refractivity contribution in [2.45, 2.75) is 6.42 Å². The van der Waals surface area contributed by atoms with E-state index in [1.165, 1.54) is 12.1 Å². The van der Waals surface area contributed by atoms with Crippen LogP contribution >= 0.6 is 0 Å². The Morgan fingerprint density at radius 2 is 2.05 bits per heavy atom. The summed E-state index contributed by atoms with van der Waals surface area (Å²) in [6.45, 7) is 1.89. The van der Waals surface area contributed by atoms with Crippen LogP contribution in [0.15, 0.2) is 18.2 Å². The van der Waals surface area contributed by atoms with E-state index >= 15 is 0 Å². The van der Waals surface area contributed by atoms with Crippen molar-refractivity contribution in [3.05, 3.63) is 29.6 Å². The van der Waals surface area contributed by atoms with Crippen LogP contribution in [-0.2, 0) is 9.47 Å². The van der Waals surface area contributed by atoms with Crippen molar-refractivity contribution in [3.63, 3.8) is 0 Å². The van der Waals surface area contributed by atoms with Gasteiger partial charge in [-0.3, -0.25) is 5.41 Å². The van der Waals surface area contributed by atoms with Crippen molar-refractivity contribution in [2.75, 3.05) is 33.5 Å². The maximum absolute atomic E-state index is 13.6. The number of halogens is 1. The maximum atomic E-state index is 13.6. The maximum Gasteiger partial charge on any atom is 0.165 e. The summed E-state index contributed by atoms with van der Waals surface area (Å²) >= 11 is 0. The van der Waals surface area contributed by atoms with E-state index in [0.29, 0.717) is 25.4 Å². The van der Waals surface area contributed by atoms with Gasteiger partial charge < -0.3 is 19.9 Å². The molecule has 6 heteroatoms. The molecule has 0 amide bonds. The van der Waals surface area contributed by atoms with Gasteiger partial charge in [-0.1, -0.05) is 0 Å². The highest BCUT2D eigenvalue weighted by molar-refractivity contribution is 5.95. The van der Waals surface area contributed by atoms with Crippen LogP contribution in [0.5, 0.6) is 5.75 Å². The Hall–Kier alpha value is -1.66. The molecule has 0 saturated heterocycles. The van der Waals surface area contributed by atoms with E-state index in [9.17, 15) is 4.39 Å². The number of amidine groups is 1. The van der Waals surface area contributed by atoms with Crippen molar-refractivity contribution in [1.29, 1.82) is 5.41 Å². The van der Waals surface area contributed by atoms with E-state index < -0.39 is 5.82 Å². The average Bonchev–Trinajstić information content (AvgIpc) is 2.39. The third kappa shape index (κ3) is 5.67. The molecule has 19 heavy (non-hydrogen) atoms. The van der Waals surface area contributed by atoms with Crippen LogP contribution in [0, 0.1) is 11.2 Å². The average molecular weight is 270 g/mol. The van der Waals surface area contributed by atoms with Gasteiger partial charge in [0.1, 0.15) is 12.4 Å². The summed E-state index contributed by atoms with van der Waals surface area (Å²) in [4.78, 5) is 0. The Labute approximate surface area is 112 Å². The second-order valence-electron chi connectivity index (χ2n) is 3.87. The first kappa shape index (κ1) is 15.4. The molecule has 0 saturated carbocycles. The minimum atomic E-state index is -0.535. The molecule has 3 N–H and O–H groups in total. The van der Waals surface area contributed by atoms with Gasteiger partial charge >= 0.3 is 0 Å². The highest BCUT2D eigenvalue weighted by Gasteiger charge is 2.06. The number of ether oxygens (including phenoxy) is 3. The van der Waals surface area contributed by atoms with E-state index in [0.717, 1.165) is 6.42 Å². The molecule has 1 aromatic rings. The van der Waals surface area contributed by atoms with Gasteiger partial charge in [0.05, 0.1) is 6.61 Å². The summed E-state index contributed by atoms with van der Waals surface area (Å²) in [5, 5.41) is 7.19. The molecule has 0 radical (unpaired) electrons. The molecule has 0 aromatic heterocycles. The molecule has 0 unspecified atom stereocenters. The van der Waals surface area contributed by atoms with Crippen LogP contribution in [0.2, 0.25) is 0 Å². The lowest BCUT2D eigenvalue weighted by molar-refractivity contribution is 0.0797. The Bertz CT molecular complexity index is 413. The third-order valence-corrected chi connectivity index (χ3v) is 2.37. The molecule has 1 rings (SSSR count). The fourth-order valence-corrected chi connectivity index (χ4v) is 1.40. The highest BCUT2D eigenvalue weighted by atomic mass is 19.1. The zero-order valence-electron chi connectivity index (χ0n) is 10.9. The highest BCUT2D eigenvalue weighted by Crippen LogP contribution is 2.17. The summed E-state index contributed by atoms with van der Waals surface area (Å²) in [5.41, 5.74) is 5.59. The number of methoxy groups -OCH3 is 1. The zero-order chi connectivity index (χ0) is 14.1. The number of hydrogen-bond donors (Lipinski definition) is 2. The zero-order valence-corrected chi connectivity index (χ0v) is 10.9. The van der Waals surface area contributed by atoms with Gasteiger partial charge in [-0.25, -0.2) is 4.39 Å². The number of rotatable bonds is 9. The summed E-state index contributed by atoms with van der Waals surface area (Å²) < 4.78 is 28.9. The van der Waals surface area contributed by atoms with Crippen molar-refractivity contribution in [3.8, 4) is 5.75 Å². The molecule has 0 atom stereocenters. The summed E-state index contributed by atoms with van der Waals surface area (Å²) in [6, 6.07) is 4.17. The van der Waals surface area contributed by atoms with Crippen molar-refractivity contribution < 1.29 is 18.6 Å². The van der Waals surface area contributed by atoms with Crippen molar-refractivity contribution in [1.82, 2.24) is 0 Å². The van der Waals surface area contributed by atoms with E-state index in [1.807, 2.05) is 0 Å². The van der Waals surface area contributed by atoms with Gasteiger partial charge in [-0.05, 0) is 24.6 Å². The first-order valence-corrected chi connectivity index (χ1v) is 5.98. The topological polar surface area (TPSA) is 77.6 Å². The molecule has 106 valence electrons. The Balaban J connectivity index is 2.28. The quantitative estimate of drug-likeness (QED) is 0.405. The smallest absolute Gasteiger partial charge is 0.165 e. The molecular weight excluding hydrogens is 251 g/mol. The van der Waals surface area contributed by atoms with Gasteiger partial charge in [-0.15, -0.1) is 0 Å². The van der Waals surface area contributed by atoms with Crippen LogP contribution < -0.4 is 10.5 Å². The SMILES string of the molecule is COCCCOCCOc1ccc(C(=N)N)cc1F. The second-order valence-corrected chi connectivity index (χ2v) is 3.87. The van der Waals surface area contributed by atoms with Crippen LogP contribution in [0.1, 0.15) is 12.0 Å². The molecule has 0 bridgehead atoms. The second kappa shape index (κ2) is 8.44. The molecule has 0 fully saturated rings. The fourth-order valence-electron chi connectivity index (χ4n) is 1.40. The largest absolute Gasteiger partial charge is 0.488 e. The lowest BCUT2D eigenvalue weighted by Gasteiger charge is -2.09. The van der Waals surface area contributed by atoms with Crippen molar-refractivity contribution >= 4 is 5.84 Å². The molecule has 0 spiro atoms. The Kier molecular flexibility index (Phi) is 6.84. The van der Waals surface area contributed by atoms with Gasteiger partial charge in [0.15, 0.2) is 11.6 Å². The van der Waals surface area contributed by atoms with E-state index in [-0.39, 0.29) is 18.2 Å². The summed E-state index contributed by atoms with van der Waals surface area (Å²) in [5.74, 6) is -0.579. The Morgan fingerprint density at radius 1 is 1.26 bits per heavy atom. The molecular formula is C13H19FN2O3. The number of nitrogens with two attached hydrogens (primary N) is 1. The monoisotopic (exact) mass is 270 g/mol. The minimum Gasteiger partial charge on any atom is -0.488 e. The van der Waals surface area contributed by atoms with Crippen LogP contribution in [-0.4, -0.2) is 39.4 Å². The number of hydrogen-bond acceptors (Lipinski definition) is 4. The first-order chi connectivity index (χ1) is 9.15. The first-order valence-electron chi connectivity index (χ1n) is 5.98. The lowest BCUT2D eigenvalue weighted by atomic mass is 10.2. The molecule has 1 aromatic carbocycles. The summed E-state index contributed by atoms with van der Waals surface area (Å²) in [6.07, 6.45) is 0.818. The molecule has 0 heterocycles. The predicted molar refractivity (Wildman–Crippen MR) is 70.2 cm³/mol. The molecule has 0 aliphatic rings. The Morgan fingerprint density at radius 3 is 2.68 bits per heavy atom. The van der Waals surface area contributed by atoms with Crippen LogP contribution in [0.25, 0.3) is 0 Å². The molecule has 0 aliphatic carbocycles. The van der Waals surface area contributed by atoms with Crippen LogP contribution in [0.3, 0.4) is 0 Å². The number of nitrogen functional groups attached to an aromatic ring is 1. The number of benzene rings is 1. The van der Waals surface area contributed by atoms with E-state index in [2.05, 4.69) is 0 Å². The standard InChI is InChI=1S/C13H19FN2O3/c1-17-5-2-6-18-7-8-19-12-4-3-10(13(15)16)9-11(12)14/h3-4,9H,2,5-8H2,1H3,(H3,15,16). The minimum absolute atomic E-state index is 0.130. The summed E-state index contributed by atoms with van der Waals surface area (Å²) in [7, 11) is 1.64. The van der Waals surface area contributed by atoms with E-state index in [4.69, 9.17) is 25.4 Å². The van der Waals surface area contributed by atoms with Gasteiger partial charge in [0.2, 0.25) is 0 Å². The van der Waals surface area contributed by atoms with E-state index in [1.54, 1.807) is 13.2 Å². The fraction of sp³-hybridized carbons (Fsp3) is 0.462. The molecule has 5 nitrogen and oxygen atoms in total. The van der Waals surface area contributed by atoms with Gasteiger partial charge in [-0.2, -0.15) is 0 Å². The number of nitrogens with one attached hydrogen (secondary N) is 1. The predicted octanol–water partition coefficient (Wildman–Crippen LogP) is 1.54.